The summed E-state index contributed by atoms with van der Waals surface area (Å²) in [7, 11) is 0. The molecule has 0 bridgehead atoms. The predicted molar refractivity (Wildman–Crippen MR) is 88.2 cm³/mol. The van der Waals surface area contributed by atoms with Gasteiger partial charge in [0.05, 0.1) is 0 Å². The van der Waals surface area contributed by atoms with Crippen LogP contribution in [0.4, 0.5) is 0 Å². The number of aromatic nitrogens is 1. The molecule has 1 N–H and O–H groups in total. The Morgan fingerprint density at radius 2 is 2.09 bits per heavy atom. The zero-order valence-corrected chi connectivity index (χ0v) is 13.6. The molecule has 2 aromatic rings. The third-order valence-corrected chi connectivity index (χ3v) is 4.68. The number of nitrogens with zero attached hydrogens (tertiary/aromatic N) is 1. The van der Waals surface area contributed by atoms with E-state index in [0.29, 0.717) is 5.92 Å². The Kier molecular flexibility index (Phi) is 4.71. The summed E-state index contributed by atoms with van der Waals surface area (Å²) in [5.74, 6) is -0.268. The highest BCUT2D eigenvalue weighted by Crippen LogP contribution is 2.32. The van der Waals surface area contributed by atoms with Gasteiger partial charge in [0.1, 0.15) is 5.01 Å². The zero-order chi connectivity index (χ0) is 16.2. The fourth-order valence-corrected chi connectivity index (χ4v) is 3.09. The van der Waals surface area contributed by atoms with Crippen LogP contribution in [0.1, 0.15) is 30.3 Å². The van der Waals surface area contributed by atoms with E-state index in [4.69, 9.17) is 4.74 Å². The van der Waals surface area contributed by atoms with Crippen LogP contribution in [0.15, 0.2) is 35.7 Å². The standard InChI is InChI=1S/C17H18N2O3S/c1-11(12-7-8-12)18-15(20)9-22-17(21)14-10-23-16(19-14)13-5-3-2-4-6-13/h2-6,10-12H,7-9H2,1H3,(H,18,20)/t11-/m1/s1. The topological polar surface area (TPSA) is 68.3 Å². The SMILES string of the molecule is C[C@@H](NC(=O)COC(=O)c1csc(-c2ccccc2)n1)C1CC1. The molecule has 1 amide bonds. The van der Waals surface area contributed by atoms with Crippen molar-refractivity contribution in [3.8, 4) is 10.6 Å². The third-order valence-electron chi connectivity index (χ3n) is 3.79. The number of nitrogens with one attached hydrogen (secondary N) is 1. The van der Waals surface area contributed by atoms with E-state index in [9.17, 15) is 9.59 Å². The molecular formula is C17H18N2O3S. The van der Waals surface area contributed by atoms with Crippen molar-refractivity contribution in [2.75, 3.05) is 6.61 Å². The molecule has 1 heterocycles. The maximum absolute atomic E-state index is 12.0. The molecule has 1 aromatic carbocycles. The van der Waals surface area contributed by atoms with Crippen LogP contribution in [0.25, 0.3) is 10.6 Å². The number of carbonyl (C=O) groups excluding carboxylic acids is 2. The lowest BCUT2D eigenvalue weighted by Crippen LogP contribution is -2.37. The fraction of sp³-hybridized carbons (Fsp3) is 0.353. The van der Waals surface area contributed by atoms with Crippen molar-refractivity contribution in [3.63, 3.8) is 0 Å². The van der Waals surface area contributed by atoms with E-state index in [0.717, 1.165) is 23.4 Å². The zero-order valence-electron chi connectivity index (χ0n) is 12.8. The average Bonchev–Trinajstić information content (AvgIpc) is 3.30. The Balaban J connectivity index is 1.52. The van der Waals surface area contributed by atoms with Gasteiger partial charge < -0.3 is 10.1 Å². The van der Waals surface area contributed by atoms with Crippen LogP contribution < -0.4 is 5.32 Å². The van der Waals surface area contributed by atoms with Crippen molar-refractivity contribution >= 4 is 23.2 Å². The van der Waals surface area contributed by atoms with Gasteiger partial charge in [0.2, 0.25) is 0 Å². The van der Waals surface area contributed by atoms with E-state index in [2.05, 4.69) is 10.3 Å². The summed E-state index contributed by atoms with van der Waals surface area (Å²) in [5, 5.41) is 5.25. The molecule has 0 spiro atoms. The molecule has 1 atom stereocenters. The van der Waals surface area contributed by atoms with Gasteiger partial charge in [0.15, 0.2) is 12.3 Å². The minimum Gasteiger partial charge on any atom is -0.451 e. The van der Waals surface area contributed by atoms with Crippen molar-refractivity contribution in [3.05, 3.63) is 41.4 Å². The van der Waals surface area contributed by atoms with Crippen molar-refractivity contribution in [2.24, 2.45) is 5.92 Å². The van der Waals surface area contributed by atoms with E-state index in [1.807, 2.05) is 37.3 Å². The molecule has 1 aliphatic rings. The quantitative estimate of drug-likeness (QED) is 0.827. The van der Waals surface area contributed by atoms with Gasteiger partial charge in [-0.05, 0) is 25.7 Å². The normalized spacial score (nSPS) is 15.0. The van der Waals surface area contributed by atoms with Gasteiger partial charge in [0.25, 0.3) is 5.91 Å². The number of esters is 1. The molecule has 1 aromatic heterocycles. The summed E-state index contributed by atoms with van der Waals surface area (Å²) in [6, 6.07) is 9.76. The van der Waals surface area contributed by atoms with Gasteiger partial charge in [-0.1, -0.05) is 30.3 Å². The summed E-state index contributed by atoms with van der Waals surface area (Å²) >= 11 is 1.38. The van der Waals surface area contributed by atoms with Crippen LogP contribution in [-0.2, 0) is 9.53 Å². The van der Waals surface area contributed by atoms with E-state index in [1.54, 1.807) is 5.38 Å². The number of ether oxygens (including phenoxy) is 1. The number of carbonyl (C=O) groups is 2. The molecule has 0 radical (unpaired) electrons. The van der Waals surface area contributed by atoms with Crippen molar-refractivity contribution < 1.29 is 14.3 Å². The predicted octanol–water partition coefficient (Wildman–Crippen LogP) is 2.88. The second-order valence-electron chi connectivity index (χ2n) is 5.67. The summed E-state index contributed by atoms with van der Waals surface area (Å²) in [5.41, 5.74) is 1.18. The molecule has 23 heavy (non-hydrogen) atoms. The molecule has 3 rings (SSSR count). The number of thiazole rings is 1. The van der Waals surface area contributed by atoms with E-state index >= 15 is 0 Å². The van der Waals surface area contributed by atoms with Crippen LogP contribution in [0.3, 0.4) is 0 Å². The Bertz CT molecular complexity index is 695. The first kappa shape index (κ1) is 15.7. The largest absolute Gasteiger partial charge is 0.451 e. The van der Waals surface area contributed by atoms with Crippen molar-refractivity contribution in [1.82, 2.24) is 10.3 Å². The first-order chi connectivity index (χ1) is 11.1. The number of hydrogen-bond donors (Lipinski definition) is 1. The van der Waals surface area contributed by atoms with Crippen LogP contribution in [0.5, 0.6) is 0 Å². The Morgan fingerprint density at radius 1 is 1.35 bits per heavy atom. The van der Waals surface area contributed by atoms with Crippen LogP contribution in [0.2, 0.25) is 0 Å². The lowest BCUT2D eigenvalue weighted by Gasteiger charge is -2.12. The summed E-state index contributed by atoms with van der Waals surface area (Å²) < 4.78 is 5.03. The minimum atomic E-state index is -0.572. The molecule has 0 aliphatic heterocycles. The Labute approximate surface area is 138 Å². The second kappa shape index (κ2) is 6.91. The summed E-state index contributed by atoms with van der Waals surface area (Å²) in [4.78, 5) is 28.0. The molecule has 0 saturated heterocycles. The fourth-order valence-electron chi connectivity index (χ4n) is 2.30. The second-order valence-corrected chi connectivity index (χ2v) is 6.53. The highest BCUT2D eigenvalue weighted by atomic mass is 32.1. The van der Waals surface area contributed by atoms with Gasteiger partial charge in [-0.25, -0.2) is 9.78 Å². The number of hydrogen-bond acceptors (Lipinski definition) is 5. The number of rotatable bonds is 6. The maximum atomic E-state index is 12.0. The van der Waals surface area contributed by atoms with Gasteiger partial charge in [-0.15, -0.1) is 11.3 Å². The van der Waals surface area contributed by atoms with Gasteiger partial charge in [-0.2, -0.15) is 0 Å². The lowest BCUT2D eigenvalue weighted by molar-refractivity contribution is -0.125. The molecule has 1 aliphatic carbocycles. The first-order valence-corrected chi connectivity index (χ1v) is 8.49. The van der Waals surface area contributed by atoms with Crippen LogP contribution >= 0.6 is 11.3 Å². The van der Waals surface area contributed by atoms with Crippen molar-refractivity contribution in [1.29, 1.82) is 0 Å². The smallest absolute Gasteiger partial charge is 0.358 e. The van der Waals surface area contributed by atoms with Crippen LogP contribution in [0, 0.1) is 5.92 Å². The lowest BCUT2D eigenvalue weighted by atomic mass is 10.2. The molecule has 6 heteroatoms. The first-order valence-electron chi connectivity index (χ1n) is 7.61. The summed E-state index contributed by atoms with van der Waals surface area (Å²) in [6.07, 6.45) is 2.31. The highest BCUT2D eigenvalue weighted by Gasteiger charge is 2.29. The number of amides is 1. The molecule has 120 valence electrons. The Hall–Kier alpha value is -2.21. The van der Waals surface area contributed by atoms with Gasteiger partial charge >= 0.3 is 5.97 Å². The van der Waals surface area contributed by atoms with E-state index in [-0.39, 0.29) is 24.2 Å². The highest BCUT2D eigenvalue weighted by molar-refractivity contribution is 7.13. The maximum Gasteiger partial charge on any atom is 0.358 e. The molecule has 0 unspecified atom stereocenters. The van der Waals surface area contributed by atoms with Crippen molar-refractivity contribution in [2.45, 2.75) is 25.8 Å². The van der Waals surface area contributed by atoms with Crippen LogP contribution in [-0.4, -0.2) is 29.5 Å². The molecule has 1 fully saturated rings. The third kappa shape index (κ3) is 4.16. The molecular weight excluding hydrogens is 312 g/mol. The Morgan fingerprint density at radius 3 is 2.78 bits per heavy atom. The van der Waals surface area contributed by atoms with Gasteiger partial charge in [0, 0.05) is 17.0 Å². The summed E-state index contributed by atoms with van der Waals surface area (Å²) in [6.45, 7) is 1.71. The average molecular weight is 330 g/mol. The molecule has 1 saturated carbocycles. The van der Waals surface area contributed by atoms with Gasteiger partial charge in [-0.3, -0.25) is 4.79 Å². The monoisotopic (exact) mass is 330 g/mol. The van der Waals surface area contributed by atoms with E-state index < -0.39 is 5.97 Å². The minimum absolute atomic E-state index is 0.144. The number of benzene rings is 1. The van der Waals surface area contributed by atoms with E-state index in [1.165, 1.54) is 11.3 Å². The molecule has 5 nitrogen and oxygen atoms in total.